The zero-order chi connectivity index (χ0) is 14.1. The molecule has 0 bridgehead atoms. The third-order valence-corrected chi connectivity index (χ3v) is 5.34. The summed E-state index contributed by atoms with van der Waals surface area (Å²) in [5.74, 6) is 0. The van der Waals surface area contributed by atoms with Gasteiger partial charge < -0.3 is 25.6 Å². The van der Waals surface area contributed by atoms with Crippen molar-refractivity contribution in [3.63, 3.8) is 0 Å². The van der Waals surface area contributed by atoms with Crippen LogP contribution in [0.1, 0.15) is 26.2 Å². The number of nitrogens with zero attached hydrogens (tertiary/aromatic N) is 1. The summed E-state index contributed by atoms with van der Waals surface area (Å²) in [7, 11) is 0. The van der Waals surface area contributed by atoms with Crippen LogP contribution in [-0.2, 0) is 4.74 Å². The fraction of sp³-hybridized carbons (Fsp3) is 0.923. The summed E-state index contributed by atoms with van der Waals surface area (Å²) in [5, 5.41) is 27.8. The smallest absolute Gasteiger partial charge is 0.159 e. The van der Waals surface area contributed by atoms with E-state index in [0.717, 1.165) is 5.17 Å². The lowest BCUT2D eigenvalue weighted by atomic mass is 9.92. The van der Waals surface area contributed by atoms with Gasteiger partial charge in [-0.15, -0.1) is 24.8 Å². The predicted octanol–water partition coefficient (Wildman–Crippen LogP) is 0.500. The molecule has 3 rings (SSSR count). The minimum Gasteiger partial charge on any atom is -0.388 e. The van der Waals surface area contributed by atoms with Gasteiger partial charge in [-0.25, -0.2) is 0 Å². The Morgan fingerprint density at radius 2 is 2.05 bits per heavy atom. The second kappa shape index (κ2) is 8.92. The molecule has 2 aliphatic heterocycles. The summed E-state index contributed by atoms with van der Waals surface area (Å²) in [4.78, 5) is 4.31. The summed E-state index contributed by atoms with van der Waals surface area (Å²) in [6, 6.07) is 0.271. The maximum absolute atomic E-state index is 10.3. The minimum absolute atomic E-state index is 0. The minimum atomic E-state index is -0.863. The molecule has 4 N–H and O–H groups in total. The molecule has 0 aromatic carbocycles. The fourth-order valence-corrected chi connectivity index (χ4v) is 3.96. The summed E-state index contributed by atoms with van der Waals surface area (Å²) in [6.45, 7) is 3.25. The number of aliphatic hydroxyl groups is 2. The molecule has 5 atom stereocenters. The molecule has 0 unspecified atom stereocenters. The summed E-state index contributed by atoms with van der Waals surface area (Å²) in [5.41, 5.74) is -0.174. The number of aliphatic imine (C=N–C) groups is 1. The first-order chi connectivity index (χ1) is 9.69. The molecule has 0 spiro atoms. The number of amidine groups is 1. The highest BCUT2D eigenvalue weighted by molar-refractivity contribution is 8.14. The van der Waals surface area contributed by atoms with E-state index in [9.17, 15) is 10.2 Å². The molecular weight excluding hydrogens is 349 g/mol. The molecule has 0 aromatic rings. The Morgan fingerprint density at radius 1 is 1.32 bits per heavy atom. The van der Waals surface area contributed by atoms with Gasteiger partial charge in [0.05, 0.1) is 6.04 Å². The van der Waals surface area contributed by atoms with Crippen molar-refractivity contribution in [1.82, 2.24) is 10.6 Å². The number of ether oxygens (including phenoxy) is 1. The molecule has 0 radical (unpaired) electrons. The number of nitrogens with one attached hydrogen (secondary N) is 2. The number of rotatable bonds is 4. The largest absolute Gasteiger partial charge is 0.388 e. The van der Waals surface area contributed by atoms with E-state index in [4.69, 9.17) is 4.74 Å². The fourth-order valence-electron chi connectivity index (χ4n) is 2.76. The van der Waals surface area contributed by atoms with E-state index >= 15 is 0 Å². The molecule has 1 aliphatic carbocycles. The van der Waals surface area contributed by atoms with Gasteiger partial charge in [0.1, 0.15) is 23.7 Å². The molecule has 3 aliphatic rings. The Morgan fingerprint density at radius 3 is 2.64 bits per heavy atom. The van der Waals surface area contributed by atoms with Crippen LogP contribution < -0.4 is 10.6 Å². The van der Waals surface area contributed by atoms with E-state index in [0.29, 0.717) is 19.1 Å². The highest BCUT2D eigenvalue weighted by atomic mass is 35.5. The lowest BCUT2D eigenvalue weighted by Gasteiger charge is -2.40. The van der Waals surface area contributed by atoms with Gasteiger partial charge in [0.15, 0.2) is 5.17 Å². The Labute approximate surface area is 147 Å². The quantitative estimate of drug-likeness (QED) is 0.574. The summed E-state index contributed by atoms with van der Waals surface area (Å²) in [6.07, 6.45) is 1.62. The molecule has 9 heteroatoms. The van der Waals surface area contributed by atoms with Crippen LogP contribution in [0.25, 0.3) is 0 Å². The van der Waals surface area contributed by atoms with Gasteiger partial charge in [0.25, 0.3) is 0 Å². The lowest BCUT2D eigenvalue weighted by Crippen LogP contribution is -2.61. The molecule has 2 saturated heterocycles. The lowest BCUT2D eigenvalue weighted by molar-refractivity contribution is -0.154. The molecule has 2 heterocycles. The van der Waals surface area contributed by atoms with Gasteiger partial charge >= 0.3 is 0 Å². The van der Waals surface area contributed by atoms with Crippen molar-refractivity contribution in [2.75, 3.05) is 13.1 Å². The van der Waals surface area contributed by atoms with Crippen LogP contribution >= 0.6 is 36.6 Å². The Bertz CT molecular complexity index is 388. The monoisotopic (exact) mass is 373 g/mol. The van der Waals surface area contributed by atoms with Crippen molar-refractivity contribution in [1.29, 1.82) is 0 Å². The Hall–Kier alpha value is 0.240. The molecule has 3 fully saturated rings. The number of fused-ring (bicyclic) bond motifs is 1. The first-order valence-electron chi connectivity index (χ1n) is 7.41. The van der Waals surface area contributed by atoms with Crippen LogP contribution in [0.3, 0.4) is 0 Å². The maximum atomic E-state index is 10.3. The van der Waals surface area contributed by atoms with Crippen molar-refractivity contribution in [2.24, 2.45) is 4.99 Å². The molecule has 6 nitrogen and oxygen atoms in total. The van der Waals surface area contributed by atoms with E-state index in [1.54, 1.807) is 0 Å². The number of hydrogen-bond acceptors (Lipinski definition) is 6. The summed E-state index contributed by atoms with van der Waals surface area (Å²) >= 11 is 1.50. The van der Waals surface area contributed by atoms with Crippen molar-refractivity contribution in [2.45, 2.75) is 62.0 Å². The number of halogens is 2. The predicted molar refractivity (Wildman–Crippen MR) is 93.3 cm³/mol. The average Bonchev–Trinajstić information content (AvgIpc) is 2.77. The SMILES string of the molecule is CCN=C1N[C@@H]2[C@@H](O)[C@H](O)[C@@H](CNC3CCC3)O[C@@H]2S1.Cl.Cl. The second-order valence-corrected chi connectivity index (χ2v) is 6.71. The third kappa shape index (κ3) is 4.20. The van der Waals surface area contributed by atoms with E-state index in [2.05, 4.69) is 15.6 Å². The second-order valence-electron chi connectivity index (χ2n) is 5.63. The van der Waals surface area contributed by atoms with Gasteiger partial charge in [-0.2, -0.15) is 0 Å². The van der Waals surface area contributed by atoms with Crippen LogP contribution in [-0.4, -0.2) is 64.3 Å². The summed E-state index contributed by atoms with van der Waals surface area (Å²) < 4.78 is 5.94. The Kier molecular flexibility index (Phi) is 8.22. The topological polar surface area (TPSA) is 86.1 Å². The van der Waals surface area contributed by atoms with E-state index < -0.39 is 12.2 Å². The highest BCUT2D eigenvalue weighted by Crippen LogP contribution is 2.34. The van der Waals surface area contributed by atoms with Crippen LogP contribution in [0.5, 0.6) is 0 Å². The average molecular weight is 374 g/mol. The number of hydrogen-bond donors (Lipinski definition) is 4. The van der Waals surface area contributed by atoms with Gasteiger partial charge in [0, 0.05) is 19.1 Å². The molecule has 1 saturated carbocycles. The van der Waals surface area contributed by atoms with Crippen molar-refractivity contribution < 1.29 is 14.9 Å². The van der Waals surface area contributed by atoms with E-state index in [1.807, 2.05) is 6.92 Å². The van der Waals surface area contributed by atoms with Crippen LogP contribution in [0, 0.1) is 0 Å². The van der Waals surface area contributed by atoms with Gasteiger partial charge in [0.2, 0.25) is 0 Å². The molecular formula is C13H25Cl2N3O3S. The van der Waals surface area contributed by atoms with E-state index in [1.165, 1.54) is 31.0 Å². The van der Waals surface area contributed by atoms with Crippen LogP contribution in [0.2, 0.25) is 0 Å². The van der Waals surface area contributed by atoms with Gasteiger partial charge in [-0.05, 0) is 19.8 Å². The van der Waals surface area contributed by atoms with Crippen molar-refractivity contribution >= 4 is 41.7 Å². The zero-order valence-electron chi connectivity index (χ0n) is 12.5. The normalized spacial score (nSPS) is 39.2. The van der Waals surface area contributed by atoms with Gasteiger partial charge in [-0.1, -0.05) is 18.2 Å². The van der Waals surface area contributed by atoms with E-state index in [-0.39, 0.29) is 42.4 Å². The third-order valence-electron chi connectivity index (χ3n) is 4.23. The molecule has 130 valence electrons. The van der Waals surface area contributed by atoms with Crippen molar-refractivity contribution in [3.05, 3.63) is 0 Å². The molecule has 0 amide bonds. The standard InChI is InChI=1S/C13H23N3O3S.2ClH/c1-2-14-13-16-9-11(18)10(17)8(19-12(9)20-13)6-15-7-4-3-5-7;;/h7-12,15,17-18H,2-6H2,1H3,(H,14,16);2*1H/t8-,9-,10-,11-,12-;;/m1../s1. The molecule has 22 heavy (non-hydrogen) atoms. The Balaban J connectivity index is 0.00000121. The van der Waals surface area contributed by atoms with Crippen LogP contribution in [0.4, 0.5) is 0 Å². The first-order valence-corrected chi connectivity index (χ1v) is 8.29. The first kappa shape index (κ1) is 20.3. The van der Waals surface area contributed by atoms with Crippen LogP contribution in [0.15, 0.2) is 4.99 Å². The van der Waals surface area contributed by atoms with Crippen molar-refractivity contribution in [3.8, 4) is 0 Å². The van der Waals surface area contributed by atoms with Gasteiger partial charge in [-0.3, -0.25) is 4.99 Å². The number of aliphatic hydroxyl groups excluding tert-OH is 2. The number of thioether (sulfide) groups is 1. The zero-order valence-corrected chi connectivity index (χ0v) is 14.9. The molecule has 0 aromatic heterocycles. The maximum Gasteiger partial charge on any atom is 0.159 e. The highest BCUT2D eigenvalue weighted by Gasteiger charge is 2.48.